The Balaban J connectivity index is 1.98. The second-order valence-electron chi connectivity index (χ2n) is 5.36. The lowest BCUT2D eigenvalue weighted by Gasteiger charge is -2.22. The third kappa shape index (κ3) is 3.88. The van der Waals surface area contributed by atoms with E-state index in [0.717, 1.165) is 17.0 Å². The first-order chi connectivity index (χ1) is 8.66. The molecule has 1 aliphatic carbocycles. The molecule has 0 bridgehead atoms. The van der Waals surface area contributed by atoms with Crippen LogP contribution in [0.5, 0.6) is 0 Å². The monoisotopic (exact) mass is 285 g/mol. The van der Waals surface area contributed by atoms with Gasteiger partial charge in [-0.1, -0.05) is 55.0 Å². The van der Waals surface area contributed by atoms with E-state index < -0.39 is 0 Å². The van der Waals surface area contributed by atoms with Crippen molar-refractivity contribution in [3.8, 4) is 0 Å². The second kappa shape index (κ2) is 6.79. The fraction of sp³-hybridized carbons (Fsp3) is 0.600. The Morgan fingerprint density at radius 1 is 1.11 bits per heavy atom. The van der Waals surface area contributed by atoms with Gasteiger partial charge in [-0.15, -0.1) is 0 Å². The van der Waals surface area contributed by atoms with Gasteiger partial charge in [-0.05, 0) is 42.9 Å². The summed E-state index contributed by atoms with van der Waals surface area (Å²) < 4.78 is 0. The molecule has 0 saturated heterocycles. The van der Waals surface area contributed by atoms with Gasteiger partial charge in [0.2, 0.25) is 0 Å². The molecule has 2 N–H and O–H groups in total. The zero-order chi connectivity index (χ0) is 13.0. The van der Waals surface area contributed by atoms with Crippen molar-refractivity contribution in [1.82, 2.24) is 0 Å². The molecule has 2 rings (SSSR count). The van der Waals surface area contributed by atoms with E-state index in [1.807, 2.05) is 12.1 Å². The molecule has 0 heterocycles. The summed E-state index contributed by atoms with van der Waals surface area (Å²) in [5.41, 5.74) is 7.49. The third-order valence-corrected chi connectivity index (χ3v) is 4.56. The predicted molar refractivity (Wildman–Crippen MR) is 79.3 cm³/mol. The standard InChI is InChI=1S/C15H21Cl2N/c16-13-8-7-12(14(17)10-13)9-15(18)11-5-3-1-2-4-6-11/h7-8,10-11,15H,1-6,9,18H2. The van der Waals surface area contributed by atoms with Crippen LogP contribution < -0.4 is 5.73 Å². The molecular formula is C15H21Cl2N. The highest BCUT2D eigenvalue weighted by Crippen LogP contribution is 2.28. The zero-order valence-electron chi connectivity index (χ0n) is 10.7. The van der Waals surface area contributed by atoms with Crippen LogP contribution in [0.3, 0.4) is 0 Å². The molecule has 3 heteroatoms. The van der Waals surface area contributed by atoms with E-state index in [0.29, 0.717) is 10.9 Å². The highest BCUT2D eigenvalue weighted by molar-refractivity contribution is 6.35. The molecule has 100 valence electrons. The minimum Gasteiger partial charge on any atom is -0.327 e. The Hall–Kier alpha value is -0.240. The van der Waals surface area contributed by atoms with Crippen molar-refractivity contribution in [2.24, 2.45) is 11.7 Å². The molecule has 1 aliphatic rings. The number of hydrogen-bond donors (Lipinski definition) is 1. The molecule has 1 nitrogen and oxygen atoms in total. The van der Waals surface area contributed by atoms with E-state index in [-0.39, 0.29) is 6.04 Å². The summed E-state index contributed by atoms with van der Waals surface area (Å²) in [5.74, 6) is 0.652. The maximum atomic E-state index is 6.37. The van der Waals surface area contributed by atoms with E-state index in [1.54, 1.807) is 6.07 Å². The van der Waals surface area contributed by atoms with Crippen LogP contribution in [0.25, 0.3) is 0 Å². The largest absolute Gasteiger partial charge is 0.327 e. The van der Waals surface area contributed by atoms with Gasteiger partial charge in [-0.2, -0.15) is 0 Å². The van der Waals surface area contributed by atoms with Crippen molar-refractivity contribution < 1.29 is 0 Å². The van der Waals surface area contributed by atoms with Gasteiger partial charge in [-0.3, -0.25) is 0 Å². The van der Waals surface area contributed by atoms with Crippen molar-refractivity contribution in [3.05, 3.63) is 33.8 Å². The van der Waals surface area contributed by atoms with Gasteiger partial charge in [0, 0.05) is 16.1 Å². The summed E-state index contributed by atoms with van der Waals surface area (Å²) in [7, 11) is 0. The van der Waals surface area contributed by atoms with Crippen LogP contribution >= 0.6 is 23.2 Å². The van der Waals surface area contributed by atoms with Gasteiger partial charge in [0.05, 0.1) is 0 Å². The minimum atomic E-state index is 0.224. The van der Waals surface area contributed by atoms with Crippen LogP contribution in [-0.2, 0) is 6.42 Å². The number of hydrogen-bond acceptors (Lipinski definition) is 1. The van der Waals surface area contributed by atoms with Gasteiger partial charge >= 0.3 is 0 Å². The molecule has 0 aliphatic heterocycles. The summed E-state index contributed by atoms with van der Waals surface area (Å²) in [4.78, 5) is 0. The second-order valence-corrected chi connectivity index (χ2v) is 6.20. The molecule has 0 radical (unpaired) electrons. The Kier molecular flexibility index (Phi) is 5.35. The quantitative estimate of drug-likeness (QED) is 0.791. The van der Waals surface area contributed by atoms with E-state index in [2.05, 4.69) is 0 Å². The lowest BCUT2D eigenvalue weighted by Crippen LogP contribution is -2.32. The van der Waals surface area contributed by atoms with Crippen molar-refractivity contribution >= 4 is 23.2 Å². The molecule has 0 spiro atoms. The molecule has 0 aromatic heterocycles. The average molecular weight is 286 g/mol. The number of halogens is 2. The Bertz CT molecular complexity index is 384. The summed E-state index contributed by atoms with van der Waals surface area (Å²) in [5, 5.41) is 1.43. The fourth-order valence-corrected chi connectivity index (χ4v) is 3.33. The maximum absolute atomic E-state index is 6.37. The predicted octanol–water partition coefficient (Wildman–Crippen LogP) is 4.83. The minimum absolute atomic E-state index is 0.224. The molecule has 1 unspecified atom stereocenters. The van der Waals surface area contributed by atoms with Gasteiger partial charge in [0.25, 0.3) is 0 Å². The van der Waals surface area contributed by atoms with Crippen LogP contribution in [0.1, 0.15) is 44.1 Å². The van der Waals surface area contributed by atoms with E-state index in [4.69, 9.17) is 28.9 Å². The first kappa shape index (κ1) is 14.2. The van der Waals surface area contributed by atoms with Crippen LogP contribution in [0, 0.1) is 5.92 Å². The summed E-state index contributed by atoms with van der Waals surface area (Å²) in [6.07, 6.45) is 8.79. The number of nitrogens with two attached hydrogens (primary N) is 1. The summed E-state index contributed by atoms with van der Waals surface area (Å²) in [6, 6.07) is 5.92. The summed E-state index contributed by atoms with van der Waals surface area (Å²) >= 11 is 12.1. The molecule has 1 aromatic carbocycles. The number of rotatable bonds is 3. The normalized spacial score (nSPS) is 19.5. The Morgan fingerprint density at radius 3 is 2.39 bits per heavy atom. The molecule has 1 saturated carbocycles. The molecule has 1 aromatic rings. The van der Waals surface area contributed by atoms with Gasteiger partial charge in [0.15, 0.2) is 0 Å². The average Bonchev–Trinajstić information content (AvgIpc) is 2.61. The Labute approximate surface area is 120 Å². The number of benzene rings is 1. The van der Waals surface area contributed by atoms with E-state index in [1.165, 1.54) is 38.5 Å². The lowest BCUT2D eigenvalue weighted by atomic mass is 9.88. The fourth-order valence-electron chi connectivity index (χ4n) is 2.85. The third-order valence-electron chi connectivity index (χ3n) is 3.98. The molecule has 0 amide bonds. The topological polar surface area (TPSA) is 26.0 Å². The van der Waals surface area contributed by atoms with Gasteiger partial charge < -0.3 is 5.73 Å². The van der Waals surface area contributed by atoms with Crippen molar-refractivity contribution in [3.63, 3.8) is 0 Å². The van der Waals surface area contributed by atoms with Crippen LogP contribution in [0.4, 0.5) is 0 Å². The highest BCUT2D eigenvalue weighted by Gasteiger charge is 2.20. The maximum Gasteiger partial charge on any atom is 0.0453 e. The van der Waals surface area contributed by atoms with Crippen LogP contribution in [0.2, 0.25) is 10.0 Å². The van der Waals surface area contributed by atoms with Crippen LogP contribution in [0.15, 0.2) is 18.2 Å². The molecule has 1 atom stereocenters. The Morgan fingerprint density at radius 2 is 1.78 bits per heavy atom. The van der Waals surface area contributed by atoms with E-state index >= 15 is 0 Å². The molecule has 18 heavy (non-hydrogen) atoms. The van der Waals surface area contributed by atoms with E-state index in [9.17, 15) is 0 Å². The smallest absolute Gasteiger partial charge is 0.0453 e. The van der Waals surface area contributed by atoms with Crippen molar-refractivity contribution in [1.29, 1.82) is 0 Å². The van der Waals surface area contributed by atoms with Crippen molar-refractivity contribution in [2.75, 3.05) is 0 Å². The van der Waals surface area contributed by atoms with Crippen LogP contribution in [-0.4, -0.2) is 6.04 Å². The SMILES string of the molecule is NC(Cc1ccc(Cl)cc1Cl)C1CCCCCC1. The zero-order valence-corrected chi connectivity index (χ0v) is 12.2. The first-order valence-electron chi connectivity index (χ1n) is 6.86. The van der Waals surface area contributed by atoms with Gasteiger partial charge in [0.1, 0.15) is 0 Å². The molecular weight excluding hydrogens is 265 g/mol. The first-order valence-corrected chi connectivity index (χ1v) is 7.62. The lowest BCUT2D eigenvalue weighted by molar-refractivity contribution is 0.372. The van der Waals surface area contributed by atoms with Gasteiger partial charge in [-0.25, -0.2) is 0 Å². The van der Waals surface area contributed by atoms with Crippen molar-refractivity contribution in [2.45, 2.75) is 51.0 Å². The highest BCUT2D eigenvalue weighted by atomic mass is 35.5. The molecule has 1 fully saturated rings. The summed E-state index contributed by atoms with van der Waals surface area (Å²) in [6.45, 7) is 0.